The van der Waals surface area contributed by atoms with Crippen molar-refractivity contribution in [1.29, 1.82) is 0 Å². The molecule has 0 aliphatic carbocycles. The highest BCUT2D eigenvalue weighted by molar-refractivity contribution is 7.13. The van der Waals surface area contributed by atoms with Crippen LogP contribution in [-0.2, 0) is 27.2 Å². The van der Waals surface area contributed by atoms with Crippen molar-refractivity contribution >= 4 is 34.2 Å². The molecular weight excluding hydrogens is 378 g/mol. The Bertz CT molecular complexity index is 824. The van der Waals surface area contributed by atoms with Crippen LogP contribution in [0.15, 0.2) is 29.9 Å². The second-order valence-electron chi connectivity index (χ2n) is 6.57. The number of aromatic nitrogens is 2. The summed E-state index contributed by atoms with van der Waals surface area (Å²) in [7, 11) is 0. The first-order valence-electron chi connectivity index (χ1n) is 9.30. The molecule has 0 radical (unpaired) electrons. The van der Waals surface area contributed by atoms with Crippen LogP contribution in [0.2, 0.25) is 0 Å². The highest BCUT2D eigenvalue weighted by atomic mass is 32.1. The highest BCUT2D eigenvalue weighted by Gasteiger charge is 2.29. The number of nitrogens with zero attached hydrogens (tertiary/aromatic N) is 2. The zero-order valence-electron chi connectivity index (χ0n) is 15.4. The van der Waals surface area contributed by atoms with E-state index < -0.39 is 5.92 Å². The highest BCUT2D eigenvalue weighted by Crippen LogP contribution is 2.19. The molecule has 1 atom stereocenters. The number of carbonyl (C=O) groups excluding carboxylic acids is 3. The standard InChI is InChI=1S/C19H23N5O3S/c25-16(21-11-7-13-5-9-20-10-6-13)4-3-14-12-28-19(23-14)24-18(27)15-2-1-8-22-17(15)26/h5-6,9-10,12,15H,1-4,7-8,11H2,(H,21,25)(H,22,26)(H,23,24,27). The van der Waals surface area contributed by atoms with Gasteiger partial charge in [0.25, 0.3) is 0 Å². The molecule has 2 aromatic rings. The van der Waals surface area contributed by atoms with Gasteiger partial charge in [-0.15, -0.1) is 11.3 Å². The van der Waals surface area contributed by atoms with Gasteiger partial charge in [0.05, 0.1) is 5.69 Å². The number of anilines is 1. The molecule has 3 N–H and O–H groups in total. The second kappa shape index (κ2) is 9.93. The smallest absolute Gasteiger partial charge is 0.238 e. The number of amides is 3. The number of nitrogens with one attached hydrogen (secondary N) is 3. The normalized spacial score (nSPS) is 16.3. The number of piperidine rings is 1. The molecule has 0 bridgehead atoms. The summed E-state index contributed by atoms with van der Waals surface area (Å²) in [5, 5.41) is 10.6. The number of rotatable bonds is 8. The van der Waals surface area contributed by atoms with Crippen LogP contribution in [0.1, 0.15) is 30.5 Å². The van der Waals surface area contributed by atoms with E-state index in [1.54, 1.807) is 12.4 Å². The summed E-state index contributed by atoms with van der Waals surface area (Å²) >= 11 is 1.30. The minimum absolute atomic E-state index is 0.0356. The van der Waals surface area contributed by atoms with Gasteiger partial charge >= 0.3 is 0 Å². The number of hydrogen-bond acceptors (Lipinski definition) is 6. The monoisotopic (exact) mass is 401 g/mol. The average Bonchev–Trinajstić information content (AvgIpc) is 3.15. The molecule has 0 saturated carbocycles. The van der Waals surface area contributed by atoms with Crippen molar-refractivity contribution in [3.8, 4) is 0 Å². The van der Waals surface area contributed by atoms with Crippen molar-refractivity contribution in [1.82, 2.24) is 20.6 Å². The Morgan fingerprint density at radius 1 is 1.25 bits per heavy atom. The lowest BCUT2D eigenvalue weighted by atomic mass is 9.98. The third-order valence-corrected chi connectivity index (χ3v) is 5.28. The minimum atomic E-state index is -0.660. The van der Waals surface area contributed by atoms with Crippen molar-refractivity contribution in [2.75, 3.05) is 18.4 Å². The van der Waals surface area contributed by atoms with Gasteiger partial charge in [-0.3, -0.25) is 19.4 Å². The second-order valence-corrected chi connectivity index (χ2v) is 7.43. The molecule has 3 amide bonds. The van der Waals surface area contributed by atoms with E-state index in [0.717, 1.165) is 24.1 Å². The molecule has 1 saturated heterocycles. The van der Waals surface area contributed by atoms with Gasteiger partial charge in [-0.2, -0.15) is 0 Å². The molecule has 9 heteroatoms. The Balaban J connectivity index is 1.38. The van der Waals surface area contributed by atoms with Gasteiger partial charge in [-0.25, -0.2) is 4.98 Å². The van der Waals surface area contributed by atoms with Gasteiger partial charge < -0.3 is 16.0 Å². The maximum Gasteiger partial charge on any atom is 0.238 e. The molecule has 1 unspecified atom stereocenters. The van der Waals surface area contributed by atoms with Crippen molar-refractivity contribution < 1.29 is 14.4 Å². The number of pyridine rings is 1. The first-order valence-corrected chi connectivity index (χ1v) is 10.2. The lowest BCUT2D eigenvalue weighted by molar-refractivity contribution is -0.134. The molecule has 1 fully saturated rings. The predicted molar refractivity (Wildman–Crippen MR) is 106 cm³/mol. The molecule has 1 aliphatic rings. The summed E-state index contributed by atoms with van der Waals surface area (Å²) in [6.07, 6.45) is 6.40. The zero-order valence-corrected chi connectivity index (χ0v) is 16.3. The lowest BCUT2D eigenvalue weighted by Gasteiger charge is -2.20. The third kappa shape index (κ3) is 5.85. The van der Waals surface area contributed by atoms with Crippen molar-refractivity contribution in [3.63, 3.8) is 0 Å². The van der Waals surface area contributed by atoms with Crippen molar-refractivity contribution in [3.05, 3.63) is 41.2 Å². The van der Waals surface area contributed by atoms with E-state index in [2.05, 4.69) is 25.9 Å². The molecule has 3 rings (SSSR count). The molecule has 148 valence electrons. The molecule has 0 aromatic carbocycles. The quantitative estimate of drug-likeness (QED) is 0.577. The average molecular weight is 401 g/mol. The van der Waals surface area contributed by atoms with Gasteiger partial charge in [0.1, 0.15) is 5.92 Å². The number of aryl methyl sites for hydroxylation is 1. The molecular formula is C19H23N5O3S. The van der Waals surface area contributed by atoms with Crippen LogP contribution in [0.3, 0.4) is 0 Å². The maximum absolute atomic E-state index is 12.2. The van der Waals surface area contributed by atoms with E-state index in [1.807, 2.05) is 17.5 Å². The third-order valence-electron chi connectivity index (χ3n) is 4.48. The summed E-state index contributed by atoms with van der Waals surface area (Å²) in [6.45, 7) is 1.19. The first kappa shape index (κ1) is 19.9. The molecule has 8 nitrogen and oxygen atoms in total. The van der Waals surface area contributed by atoms with Crippen LogP contribution in [0, 0.1) is 5.92 Å². The number of thiazole rings is 1. The summed E-state index contributed by atoms with van der Waals surface area (Å²) in [6, 6.07) is 3.85. The Hall–Kier alpha value is -2.81. The topological polar surface area (TPSA) is 113 Å². The van der Waals surface area contributed by atoms with Gasteiger partial charge in [-0.05, 0) is 43.4 Å². The van der Waals surface area contributed by atoms with Crippen LogP contribution in [0.5, 0.6) is 0 Å². The van der Waals surface area contributed by atoms with Crippen molar-refractivity contribution in [2.45, 2.75) is 32.1 Å². The predicted octanol–water partition coefficient (Wildman–Crippen LogP) is 1.29. The van der Waals surface area contributed by atoms with Crippen LogP contribution in [0.25, 0.3) is 0 Å². The van der Waals surface area contributed by atoms with Crippen LogP contribution in [0.4, 0.5) is 5.13 Å². The zero-order chi connectivity index (χ0) is 19.8. The molecule has 0 spiro atoms. The maximum atomic E-state index is 12.2. The largest absolute Gasteiger partial charge is 0.356 e. The van der Waals surface area contributed by atoms with E-state index >= 15 is 0 Å². The Labute approximate surface area is 167 Å². The van der Waals surface area contributed by atoms with E-state index in [-0.39, 0.29) is 17.7 Å². The number of hydrogen-bond donors (Lipinski definition) is 3. The van der Waals surface area contributed by atoms with Gasteiger partial charge in [-0.1, -0.05) is 0 Å². The fourth-order valence-electron chi connectivity index (χ4n) is 2.92. The van der Waals surface area contributed by atoms with Crippen LogP contribution in [-0.4, -0.2) is 40.8 Å². The SMILES string of the molecule is O=C(CCc1csc(NC(=O)C2CCCNC2=O)n1)NCCc1ccncc1. The molecule has 1 aliphatic heterocycles. The van der Waals surface area contributed by atoms with Crippen LogP contribution >= 0.6 is 11.3 Å². The fourth-order valence-corrected chi connectivity index (χ4v) is 3.67. The lowest BCUT2D eigenvalue weighted by Crippen LogP contribution is -2.42. The van der Waals surface area contributed by atoms with E-state index in [4.69, 9.17) is 0 Å². The molecule has 3 heterocycles. The summed E-state index contributed by atoms with van der Waals surface area (Å²) in [5.41, 5.74) is 1.87. The Morgan fingerprint density at radius 3 is 2.86 bits per heavy atom. The van der Waals surface area contributed by atoms with Crippen molar-refractivity contribution in [2.24, 2.45) is 5.92 Å². The minimum Gasteiger partial charge on any atom is -0.356 e. The molecule has 2 aromatic heterocycles. The summed E-state index contributed by atoms with van der Waals surface area (Å²) in [5.74, 6) is -1.25. The Kier molecular flexibility index (Phi) is 7.07. The van der Waals surface area contributed by atoms with Gasteiger partial charge in [0.15, 0.2) is 5.13 Å². The van der Waals surface area contributed by atoms with E-state index in [9.17, 15) is 14.4 Å². The van der Waals surface area contributed by atoms with Gasteiger partial charge in [0, 0.05) is 37.3 Å². The molecule has 28 heavy (non-hydrogen) atoms. The summed E-state index contributed by atoms with van der Waals surface area (Å²) in [4.78, 5) is 44.2. The van der Waals surface area contributed by atoms with Gasteiger partial charge in [0.2, 0.25) is 17.7 Å². The van der Waals surface area contributed by atoms with E-state index in [1.165, 1.54) is 11.3 Å². The van der Waals surface area contributed by atoms with Crippen LogP contribution < -0.4 is 16.0 Å². The summed E-state index contributed by atoms with van der Waals surface area (Å²) < 4.78 is 0. The first-order chi connectivity index (χ1) is 13.6. The Morgan fingerprint density at radius 2 is 2.07 bits per heavy atom. The number of carbonyl (C=O) groups is 3. The fraction of sp³-hybridized carbons (Fsp3) is 0.421. The van der Waals surface area contributed by atoms with E-state index in [0.29, 0.717) is 37.5 Å².